The number of nitrogens with zero attached hydrogens (tertiary/aromatic N) is 1. The molecule has 1 atom stereocenters. The molecule has 2 aliphatic rings. The minimum absolute atomic E-state index is 0. The van der Waals surface area contributed by atoms with Crippen molar-refractivity contribution < 1.29 is 9.53 Å². The van der Waals surface area contributed by atoms with Crippen molar-refractivity contribution in [3.63, 3.8) is 0 Å². The molecule has 0 bridgehead atoms. The fraction of sp³-hybridized carbons (Fsp3) is 0.938. The number of amides is 1. The molecule has 24 heavy (non-hydrogen) atoms. The smallest absolute Gasteiger partial charge is 0.220 e. The predicted molar refractivity (Wildman–Crippen MR) is 107 cm³/mol. The summed E-state index contributed by atoms with van der Waals surface area (Å²) < 4.78 is 5.47. The van der Waals surface area contributed by atoms with Gasteiger partial charge in [0.15, 0.2) is 0 Å². The molecule has 0 aromatic rings. The molecular weight excluding hydrogens is 369 g/mol. The Bertz CT molecular complexity index is 339. The Morgan fingerprint density at radius 1 is 1.17 bits per heavy atom. The van der Waals surface area contributed by atoms with Crippen LogP contribution < -0.4 is 11.1 Å². The van der Waals surface area contributed by atoms with Crippen LogP contribution in [0.25, 0.3) is 0 Å². The number of halogens is 2. The molecule has 2 saturated heterocycles. The van der Waals surface area contributed by atoms with Gasteiger partial charge in [0.1, 0.15) is 0 Å². The fourth-order valence-corrected chi connectivity index (χ4v) is 4.75. The van der Waals surface area contributed by atoms with Crippen LogP contribution in [0.3, 0.4) is 0 Å². The van der Waals surface area contributed by atoms with Gasteiger partial charge in [-0.05, 0) is 31.6 Å². The second kappa shape index (κ2) is 13.5. The van der Waals surface area contributed by atoms with E-state index in [0.717, 1.165) is 70.8 Å². The molecule has 2 rings (SSSR count). The number of thioether (sulfide) groups is 1. The second-order valence-electron chi connectivity index (χ2n) is 6.36. The third-order valence-electron chi connectivity index (χ3n) is 4.74. The summed E-state index contributed by atoms with van der Waals surface area (Å²) in [6, 6.07) is 0. The molecule has 1 amide bonds. The van der Waals surface area contributed by atoms with Gasteiger partial charge in [0.2, 0.25) is 5.91 Å². The molecule has 0 aromatic heterocycles. The summed E-state index contributed by atoms with van der Waals surface area (Å²) in [4.78, 5) is 14.6. The molecule has 8 heteroatoms. The largest absolute Gasteiger partial charge is 0.379 e. The fourth-order valence-electron chi connectivity index (χ4n) is 3.27. The van der Waals surface area contributed by atoms with Crippen LogP contribution in [0.15, 0.2) is 0 Å². The molecule has 0 aromatic carbocycles. The molecule has 2 aliphatic heterocycles. The van der Waals surface area contributed by atoms with Crippen LogP contribution in [0.1, 0.15) is 38.5 Å². The van der Waals surface area contributed by atoms with E-state index in [1.165, 1.54) is 12.2 Å². The first-order valence-electron chi connectivity index (χ1n) is 8.64. The molecule has 0 saturated carbocycles. The zero-order valence-electron chi connectivity index (χ0n) is 14.5. The van der Waals surface area contributed by atoms with Crippen molar-refractivity contribution in [2.24, 2.45) is 5.73 Å². The summed E-state index contributed by atoms with van der Waals surface area (Å²) >= 11 is 2.01. The maximum absolute atomic E-state index is 12.1. The van der Waals surface area contributed by atoms with Gasteiger partial charge in [-0.15, -0.1) is 24.8 Å². The quantitative estimate of drug-likeness (QED) is 0.578. The highest BCUT2D eigenvalue weighted by molar-refractivity contribution is 7.99. The number of ether oxygens (including phenoxy) is 1. The lowest BCUT2D eigenvalue weighted by molar-refractivity contribution is -0.122. The second-order valence-corrected chi connectivity index (χ2v) is 7.46. The van der Waals surface area contributed by atoms with Crippen LogP contribution in [0.5, 0.6) is 0 Å². The first-order valence-corrected chi connectivity index (χ1v) is 9.80. The van der Waals surface area contributed by atoms with E-state index in [9.17, 15) is 4.79 Å². The lowest BCUT2D eigenvalue weighted by Crippen LogP contribution is -2.59. The number of carbonyl (C=O) groups excluding carboxylic acids is 1. The van der Waals surface area contributed by atoms with Gasteiger partial charge in [-0.1, -0.05) is 12.8 Å². The van der Waals surface area contributed by atoms with E-state index in [4.69, 9.17) is 10.5 Å². The normalized spacial score (nSPS) is 24.0. The molecule has 0 aliphatic carbocycles. The van der Waals surface area contributed by atoms with E-state index in [2.05, 4.69) is 10.2 Å². The number of carbonyl (C=O) groups is 1. The Morgan fingerprint density at radius 2 is 1.88 bits per heavy atom. The predicted octanol–water partition coefficient (Wildman–Crippen LogP) is 2.06. The number of nitrogens with two attached hydrogens (primary N) is 1. The van der Waals surface area contributed by atoms with Gasteiger partial charge in [0, 0.05) is 37.3 Å². The zero-order valence-corrected chi connectivity index (χ0v) is 16.9. The van der Waals surface area contributed by atoms with Crippen LogP contribution in [0, 0.1) is 0 Å². The maximum atomic E-state index is 12.1. The lowest BCUT2D eigenvalue weighted by Gasteiger charge is -2.43. The molecule has 5 nitrogen and oxygen atoms in total. The molecule has 2 fully saturated rings. The molecule has 3 N–H and O–H groups in total. The van der Waals surface area contributed by atoms with Gasteiger partial charge in [0.25, 0.3) is 0 Å². The van der Waals surface area contributed by atoms with Gasteiger partial charge in [-0.25, -0.2) is 0 Å². The van der Waals surface area contributed by atoms with Crippen LogP contribution in [-0.4, -0.2) is 67.2 Å². The summed E-state index contributed by atoms with van der Waals surface area (Å²) in [5.41, 5.74) is 5.64. The number of unbranched alkanes of at least 4 members (excludes halogenated alkanes) is 3. The number of morpholine rings is 1. The van der Waals surface area contributed by atoms with Crippen molar-refractivity contribution in [1.29, 1.82) is 0 Å². The monoisotopic (exact) mass is 401 g/mol. The molecule has 1 unspecified atom stereocenters. The molecular formula is C16H33Cl2N3O2S. The molecule has 0 spiro atoms. The lowest BCUT2D eigenvalue weighted by atomic mass is 9.95. The highest BCUT2D eigenvalue weighted by Gasteiger charge is 2.40. The van der Waals surface area contributed by atoms with Gasteiger partial charge in [-0.3, -0.25) is 9.69 Å². The number of nitrogens with one attached hydrogen (secondary N) is 1. The first kappa shape index (κ1) is 24.3. The van der Waals surface area contributed by atoms with E-state index in [-0.39, 0.29) is 36.3 Å². The Morgan fingerprint density at radius 3 is 2.50 bits per heavy atom. The summed E-state index contributed by atoms with van der Waals surface area (Å²) in [5, 5.41) is 3.19. The molecule has 0 radical (unpaired) electrons. The van der Waals surface area contributed by atoms with Crippen LogP contribution >= 0.6 is 36.6 Å². The van der Waals surface area contributed by atoms with Crippen molar-refractivity contribution in [3.8, 4) is 0 Å². The van der Waals surface area contributed by atoms with Crippen molar-refractivity contribution in [2.75, 3.05) is 50.9 Å². The highest BCUT2D eigenvalue weighted by atomic mass is 35.5. The summed E-state index contributed by atoms with van der Waals surface area (Å²) in [7, 11) is 0. The molecule has 144 valence electrons. The third-order valence-corrected chi connectivity index (χ3v) is 5.97. The van der Waals surface area contributed by atoms with E-state index >= 15 is 0 Å². The van der Waals surface area contributed by atoms with Crippen molar-refractivity contribution in [2.45, 2.75) is 44.1 Å². The Balaban J connectivity index is 0.00000264. The summed E-state index contributed by atoms with van der Waals surface area (Å²) in [6.45, 7) is 5.18. The highest BCUT2D eigenvalue weighted by Crippen LogP contribution is 2.33. The average molecular weight is 402 g/mol. The van der Waals surface area contributed by atoms with Crippen LogP contribution in [0.4, 0.5) is 0 Å². The minimum atomic E-state index is 0. The maximum Gasteiger partial charge on any atom is 0.220 e. The van der Waals surface area contributed by atoms with E-state index < -0.39 is 0 Å². The van der Waals surface area contributed by atoms with Gasteiger partial charge < -0.3 is 15.8 Å². The van der Waals surface area contributed by atoms with Crippen molar-refractivity contribution in [1.82, 2.24) is 10.2 Å². The van der Waals surface area contributed by atoms with Gasteiger partial charge >= 0.3 is 0 Å². The first-order chi connectivity index (χ1) is 10.8. The van der Waals surface area contributed by atoms with E-state index in [1.54, 1.807) is 0 Å². The minimum Gasteiger partial charge on any atom is -0.379 e. The SMILES string of the molecule is Cl.Cl.NCCCCCCC(=O)NCC1(N2CCOCC2)CCSC1. The van der Waals surface area contributed by atoms with Crippen molar-refractivity contribution >= 4 is 42.5 Å². The van der Waals surface area contributed by atoms with E-state index in [1.807, 2.05) is 11.8 Å². The third kappa shape index (κ3) is 7.67. The number of hydrogen-bond acceptors (Lipinski definition) is 5. The summed E-state index contributed by atoms with van der Waals surface area (Å²) in [5.74, 6) is 2.54. The standard InChI is InChI=1S/C16H31N3O2S.2ClH/c17-7-4-2-1-3-5-15(20)18-13-16(6-12-22-14-16)19-8-10-21-11-9-19;;/h1-14,17H2,(H,18,20);2*1H. The summed E-state index contributed by atoms with van der Waals surface area (Å²) in [6.07, 6.45) is 6.11. The van der Waals surface area contributed by atoms with E-state index in [0.29, 0.717) is 6.42 Å². The zero-order chi connectivity index (χ0) is 15.7. The Labute approximate surface area is 163 Å². The topological polar surface area (TPSA) is 67.6 Å². The van der Waals surface area contributed by atoms with Crippen LogP contribution in [0.2, 0.25) is 0 Å². The Kier molecular flexibility index (Phi) is 13.6. The average Bonchev–Trinajstić information content (AvgIpc) is 3.04. The van der Waals surface area contributed by atoms with Crippen LogP contribution in [-0.2, 0) is 9.53 Å². The van der Waals surface area contributed by atoms with Gasteiger partial charge in [-0.2, -0.15) is 11.8 Å². The molecule has 2 heterocycles. The Hall–Kier alpha value is 0.280. The van der Waals surface area contributed by atoms with Crippen molar-refractivity contribution in [3.05, 3.63) is 0 Å². The number of rotatable bonds is 9. The number of hydrogen-bond donors (Lipinski definition) is 2. The van der Waals surface area contributed by atoms with Gasteiger partial charge in [0.05, 0.1) is 13.2 Å².